The molecule has 3 heteroatoms. The second-order valence-electron chi connectivity index (χ2n) is 5.43. The lowest BCUT2D eigenvalue weighted by atomic mass is 9.92. The van der Waals surface area contributed by atoms with Crippen molar-refractivity contribution in [3.63, 3.8) is 0 Å². The number of methoxy groups -OCH3 is 1. The van der Waals surface area contributed by atoms with Crippen LogP contribution in [0.1, 0.15) is 28.3 Å². The molecule has 1 atom stereocenters. The van der Waals surface area contributed by atoms with Gasteiger partial charge in [-0.1, -0.05) is 35.9 Å². The molecule has 0 radical (unpaired) electrons. The lowest BCUT2D eigenvalue weighted by molar-refractivity contribution is 0.199. The summed E-state index contributed by atoms with van der Waals surface area (Å²) < 4.78 is 5.11. The first-order valence-electron chi connectivity index (χ1n) is 7.58. The first-order valence-corrected chi connectivity index (χ1v) is 8.46. The second-order valence-corrected chi connectivity index (χ2v) is 6.46. The van der Waals surface area contributed by atoms with E-state index in [-0.39, 0.29) is 0 Å². The van der Waals surface area contributed by atoms with Gasteiger partial charge in [0.25, 0.3) is 0 Å². The fourth-order valence-corrected chi connectivity index (χ4v) is 3.26. The number of aryl methyl sites for hydroxylation is 2. The van der Waals surface area contributed by atoms with Gasteiger partial charge in [-0.25, -0.2) is 0 Å². The average molecular weight is 303 g/mol. The number of ether oxygens (including phenoxy) is 1. The van der Waals surface area contributed by atoms with Crippen molar-refractivity contribution in [3.05, 3.63) is 57.8 Å². The number of hydrogen-bond acceptors (Lipinski definition) is 3. The Morgan fingerprint density at radius 1 is 1.24 bits per heavy atom. The molecule has 1 N–H and O–H groups in total. The van der Waals surface area contributed by atoms with Crippen LogP contribution >= 0.6 is 11.3 Å². The van der Waals surface area contributed by atoms with Crippen LogP contribution in [0.3, 0.4) is 0 Å². The van der Waals surface area contributed by atoms with Crippen molar-refractivity contribution in [2.75, 3.05) is 26.8 Å². The Balaban J connectivity index is 1.95. The Hall–Kier alpha value is -1.16. The van der Waals surface area contributed by atoms with Gasteiger partial charge in [-0.3, -0.25) is 0 Å². The van der Waals surface area contributed by atoms with Crippen LogP contribution in [0.15, 0.2) is 41.8 Å². The van der Waals surface area contributed by atoms with Crippen molar-refractivity contribution in [3.8, 4) is 0 Å². The predicted molar refractivity (Wildman–Crippen MR) is 91.3 cm³/mol. The first kappa shape index (κ1) is 16.2. The highest BCUT2D eigenvalue weighted by molar-refractivity contribution is 7.09. The van der Waals surface area contributed by atoms with Gasteiger partial charge in [0.05, 0.1) is 6.61 Å². The molecule has 0 aliphatic rings. The zero-order valence-electron chi connectivity index (χ0n) is 13.0. The fourth-order valence-electron chi connectivity index (χ4n) is 2.53. The molecule has 21 heavy (non-hydrogen) atoms. The van der Waals surface area contributed by atoms with Crippen molar-refractivity contribution in [2.45, 2.75) is 25.7 Å². The van der Waals surface area contributed by atoms with E-state index in [4.69, 9.17) is 4.74 Å². The summed E-state index contributed by atoms with van der Waals surface area (Å²) in [5, 5.41) is 5.67. The molecule has 1 unspecified atom stereocenters. The minimum atomic E-state index is 0.559. The molecule has 0 fully saturated rings. The van der Waals surface area contributed by atoms with Crippen LogP contribution in [0, 0.1) is 6.92 Å². The third kappa shape index (κ3) is 5.62. The van der Waals surface area contributed by atoms with E-state index < -0.39 is 0 Å². The third-order valence-corrected chi connectivity index (χ3v) is 4.64. The summed E-state index contributed by atoms with van der Waals surface area (Å²) in [6.07, 6.45) is 2.34. The van der Waals surface area contributed by atoms with E-state index in [1.54, 1.807) is 7.11 Å². The minimum absolute atomic E-state index is 0.559. The molecule has 2 aromatic rings. The van der Waals surface area contributed by atoms with E-state index in [0.717, 1.165) is 26.1 Å². The largest absolute Gasteiger partial charge is 0.383 e. The lowest BCUT2D eigenvalue weighted by Gasteiger charge is -2.18. The summed E-state index contributed by atoms with van der Waals surface area (Å²) in [5.74, 6) is 0.559. The summed E-state index contributed by atoms with van der Waals surface area (Å²) >= 11 is 1.85. The van der Waals surface area contributed by atoms with Crippen LogP contribution in [-0.4, -0.2) is 26.8 Å². The van der Waals surface area contributed by atoms with E-state index >= 15 is 0 Å². The van der Waals surface area contributed by atoms with Gasteiger partial charge >= 0.3 is 0 Å². The van der Waals surface area contributed by atoms with Gasteiger partial charge in [0.15, 0.2) is 0 Å². The number of benzene rings is 1. The normalized spacial score (nSPS) is 12.5. The zero-order chi connectivity index (χ0) is 14.9. The summed E-state index contributed by atoms with van der Waals surface area (Å²) in [4.78, 5) is 1.48. The Kier molecular flexibility index (Phi) is 6.93. The summed E-state index contributed by atoms with van der Waals surface area (Å²) in [6, 6.07) is 13.3. The molecule has 0 bridgehead atoms. The highest BCUT2D eigenvalue weighted by Crippen LogP contribution is 2.23. The molecular weight excluding hydrogens is 278 g/mol. The van der Waals surface area contributed by atoms with Crippen LogP contribution in [0.5, 0.6) is 0 Å². The molecule has 1 heterocycles. The van der Waals surface area contributed by atoms with Gasteiger partial charge in [0.1, 0.15) is 0 Å². The Labute approximate surface area is 132 Å². The van der Waals surface area contributed by atoms with Crippen molar-refractivity contribution in [2.24, 2.45) is 0 Å². The van der Waals surface area contributed by atoms with Gasteiger partial charge in [-0.05, 0) is 42.7 Å². The molecule has 1 aromatic carbocycles. The van der Waals surface area contributed by atoms with Crippen LogP contribution in [0.2, 0.25) is 0 Å². The number of nitrogens with one attached hydrogen (secondary N) is 1. The smallest absolute Gasteiger partial charge is 0.0587 e. The SMILES string of the molecule is COCCNCC(CCc1cccs1)c1cccc(C)c1. The number of rotatable bonds is 9. The van der Waals surface area contributed by atoms with Crippen LogP contribution in [-0.2, 0) is 11.2 Å². The molecule has 0 amide bonds. The van der Waals surface area contributed by atoms with Gasteiger partial charge in [-0.15, -0.1) is 11.3 Å². The van der Waals surface area contributed by atoms with Gasteiger partial charge in [0, 0.05) is 25.1 Å². The third-order valence-electron chi connectivity index (χ3n) is 3.71. The molecule has 2 rings (SSSR count). The maximum atomic E-state index is 5.11. The second kappa shape index (κ2) is 8.98. The van der Waals surface area contributed by atoms with E-state index in [1.807, 2.05) is 11.3 Å². The van der Waals surface area contributed by atoms with Crippen molar-refractivity contribution in [1.29, 1.82) is 0 Å². The highest BCUT2D eigenvalue weighted by Gasteiger charge is 2.12. The molecular formula is C18H25NOS. The zero-order valence-corrected chi connectivity index (χ0v) is 13.8. The molecule has 0 aliphatic carbocycles. The standard InChI is InChI=1S/C18H25NOS/c1-15-5-3-6-16(13-15)17(14-19-10-11-20-2)8-9-18-7-4-12-21-18/h3-7,12-13,17,19H,8-11,14H2,1-2H3. The summed E-state index contributed by atoms with van der Waals surface area (Å²) in [6.45, 7) is 4.86. The minimum Gasteiger partial charge on any atom is -0.383 e. The van der Waals surface area contributed by atoms with Gasteiger partial charge < -0.3 is 10.1 Å². The molecule has 0 spiro atoms. The quantitative estimate of drug-likeness (QED) is 0.707. The van der Waals surface area contributed by atoms with Crippen molar-refractivity contribution < 1.29 is 4.74 Å². The first-order chi connectivity index (χ1) is 10.3. The van der Waals surface area contributed by atoms with Crippen LogP contribution in [0.25, 0.3) is 0 Å². The van der Waals surface area contributed by atoms with Crippen LogP contribution in [0.4, 0.5) is 0 Å². The maximum Gasteiger partial charge on any atom is 0.0587 e. The Morgan fingerprint density at radius 2 is 2.14 bits per heavy atom. The van der Waals surface area contributed by atoms with E-state index in [1.165, 1.54) is 22.4 Å². The van der Waals surface area contributed by atoms with E-state index in [0.29, 0.717) is 5.92 Å². The Morgan fingerprint density at radius 3 is 2.86 bits per heavy atom. The molecule has 1 aromatic heterocycles. The lowest BCUT2D eigenvalue weighted by Crippen LogP contribution is -2.25. The molecule has 114 valence electrons. The highest BCUT2D eigenvalue weighted by atomic mass is 32.1. The van der Waals surface area contributed by atoms with Crippen molar-refractivity contribution >= 4 is 11.3 Å². The van der Waals surface area contributed by atoms with Crippen molar-refractivity contribution in [1.82, 2.24) is 5.32 Å². The van der Waals surface area contributed by atoms with Gasteiger partial charge in [-0.2, -0.15) is 0 Å². The van der Waals surface area contributed by atoms with Gasteiger partial charge in [0.2, 0.25) is 0 Å². The number of hydrogen-bond donors (Lipinski definition) is 1. The maximum absolute atomic E-state index is 5.11. The van der Waals surface area contributed by atoms with E-state index in [2.05, 4.69) is 54.0 Å². The Bertz CT molecular complexity index is 510. The predicted octanol–water partition coefficient (Wildman–Crippen LogP) is 4.01. The number of thiophene rings is 1. The topological polar surface area (TPSA) is 21.3 Å². The summed E-state index contributed by atoms with van der Waals surface area (Å²) in [7, 11) is 1.75. The average Bonchev–Trinajstić information content (AvgIpc) is 3.00. The summed E-state index contributed by atoms with van der Waals surface area (Å²) in [5.41, 5.74) is 2.78. The molecule has 0 saturated heterocycles. The monoisotopic (exact) mass is 303 g/mol. The molecule has 0 aliphatic heterocycles. The molecule has 0 saturated carbocycles. The molecule has 2 nitrogen and oxygen atoms in total. The fraction of sp³-hybridized carbons (Fsp3) is 0.444. The van der Waals surface area contributed by atoms with E-state index in [9.17, 15) is 0 Å². The van der Waals surface area contributed by atoms with Crippen LogP contribution < -0.4 is 5.32 Å².